The number of para-hydroxylation sites is 1. The van der Waals surface area contributed by atoms with Gasteiger partial charge in [-0.3, -0.25) is 14.4 Å². The molecule has 270 valence electrons. The molecule has 4 aromatic rings. The molecule has 13 heteroatoms. The highest BCUT2D eigenvalue weighted by molar-refractivity contribution is 7.89. The third kappa shape index (κ3) is 8.81. The summed E-state index contributed by atoms with van der Waals surface area (Å²) in [5, 5.41) is 9.95. The Morgan fingerprint density at radius 2 is 1.75 bits per heavy atom. The molecule has 6 rings (SSSR count). The number of nitrogens with one attached hydrogen (secondary N) is 2. The maximum atomic E-state index is 14.5. The van der Waals surface area contributed by atoms with Crippen LogP contribution >= 0.6 is 11.6 Å². The molecule has 0 bridgehead atoms. The Hall–Kier alpha value is -4.23. The van der Waals surface area contributed by atoms with Crippen LogP contribution in [0.2, 0.25) is 5.02 Å². The first-order chi connectivity index (χ1) is 24.4. The standard InChI is InChI=1S/C38H45ClN6O5S/c1-43(2)23-26-19-28-20-30(39)10-13-35(28)45(24-26)38(48)34(21-29-22-41-33-6-4-3-5-32(29)33)42-36(46)14-7-25-15-17-44(18-16-25)37(47)27-8-11-31(12-9-27)51(40,49)50/h3-6,8-13,20,22,25-26,34,41H,7,14-19,21,23-24H2,1-2H3,(H,42,46)(H2,40,49,50)/t26-,34+/m0/s1. The van der Waals surface area contributed by atoms with Crippen molar-refractivity contribution in [3.63, 3.8) is 0 Å². The maximum absolute atomic E-state index is 14.5. The number of sulfonamides is 1. The molecule has 0 saturated carbocycles. The molecule has 1 saturated heterocycles. The van der Waals surface area contributed by atoms with Crippen molar-refractivity contribution >= 4 is 55.9 Å². The van der Waals surface area contributed by atoms with E-state index in [0.717, 1.165) is 53.5 Å². The van der Waals surface area contributed by atoms with Gasteiger partial charge in [-0.2, -0.15) is 0 Å². The third-order valence-corrected chi connectivity index (χ3v) is 11.2. The molecule has 3 amide bonds. The number of aromatic nitrogens is 1. The van der Waals surface area contributed by atoms with E-state index in [9.17, 15) is 22.8 Å². The van der Waals surface area contributed by atoms with Gasteiger partial charge in [-0.15, -0.1) is 0 Å². The summed E-state index contributed by atoms with van der Waals surface area (Å²) in [5.41, 5.74) is 4.19. The molecular formula is C38H45ClN6O5S. The summed E-state index contributed by atoms with van der Waals surface area (Å²) >= 11 is 6.39. The Morgan fingerprint density at radius 1 is 1.02 bits per heavy atom. The average Bonchev–Trinajstić information content (AvgIpc) is 3.51. The van der Waals surface area contributed by atoms with E-state index in [-0.39, 0.29) is 40.9 Å². The summed E-state index contributed by atoms with van der Waals surface area (Å²) in [7, 11) is 0.216. The van der Waals surface area contributed by atoms with Crippen molar-refractivity contribution in [1.29, 1.82) is 0 Å². The molecule has 11 nitrogen and oxygen atoms in total. The third-order valence-electron chi connectivity index (χ3n) is 10.0. The lowest BCUT2D eigenvalue weighted by atomic mass is 9.90. The SMILES string of the molecule is CN(C)C[C@@H]1Cc2cc(Cl)ccc2N(C(=O)[C@@H](Cc2c[nH]c3ccccc23)NC(=O)CCC2CCN(C(=O)c3ccc(S(N)(=O)=O)cc3)CC2)C1. The molecule has 0 aliphatic carbocycles. The molecule has 1 aromatic heterocycles. The number of fused-ring (bicyclic) bond motifs is 2. The number of carbonyl (C=O) groups excluding carboxylic acids is 3. The molecule has 0 spiro atoms. The van der Waals surface area contributed by atoms with Crippen LogP contribution < -0.4 is 15.4 Å². The number of nitrogens with zero attached hydrogens (tertiary/aromatic N) is 3. The quantitative estimate of drug-likeness (QED) is 0.205. The van der Waals surface area contributed by atoms with Crippen LogP contribution in [-0.4, -0.2) is 87.2 Å². The highest BCUT2D eigenvalue weighted by Crippen LogP contribution is 2.33. The number of halogens is 1. The Kier molecular flexibility index (Phi) is 11.2. The van der Waals surface area contributed by atoms with Crippen molar-refractivity contribution in [3.8, 4) is 0 Å². The lowest BCUT2D eigenvalue weighted by molar-refractivity contribution is -0.127. The Labute approximate surface area is 304 Å². The highest BCUT2D eigenvalue weighted by Gasteiger charge is 2.34. The zero-order valence-electron chi connectivity index (χ0n) is 29.0. The van der Waals surface area contributed by atoms with Gasteiger partial charge in [0.25, 0.3) is 5.91 Å². The predicted molar refractivity (Wildman–Crippen MR) is 199 cm³/mol. The predicted octanol–water partition coefficient (Wildman–Crippen LogP) is 4.60. The number of rotatable bonds is 11. The minimum atomic E-state index is -3.84. The molecule has 4 N–H and O–H groups in total. The summed E-state index contributed by atoms with van der Waals surface area (Å²) < 4.78 is 23.1. The fourth-order valence-corrected chi connectivity index (χ4v) is 8.18. The minimum Gasteiger partial charge on any atom is -0.361 e. The fourth-order valence-electron chi connectivity index (χ4n) is 7.47. The highest BCUT2D eigenvalue weighted by atomic mass is 35.5. The van der Waals surface area contributed by atoms with Gasteiger partial charge in [0.1, 0.15) is 6.04 Å². The van der Waals surface area contributed by atoms with Crippen molar-refractivity contribution in [1.82, 2.24) is 20.1 Å². The van der Waals surface area contributed by atoms with Gasteiger partial charge in [0, 0.05) is 72.4 Å². The number of nitrogens with two attached hydrogens (primary N) is 1. The van der Waals surface area contributed by atoms with E-state index in [2.05, 4.69) is 15.2 Å². The molecule has 0 unspecified atom stereocenters. The number of benzene rings is 3. The number of anilines is 1. The van der Waals surface area contributed by atoms with Crippen LogP contribution in [0.5, 0.6) is 0 Å². The monoisotopic (exact) mass is 732 g/mol. The van der Waals surface area contributed by atoms with Crippen molar-refractivity contribution < 1.29 is 22.8 Å². The lowest BCUT2D eigenvalue weighted by Crippen LogP contribution is -2.53. The smallest absolute Gasteiger partial charge is 0.253 e. The van der Waals surface area contributed by atoms with E-state index in [1.54, 1.807) is 4.90 Å². The Balaban J connectivity index is 1.12. The molecule has 0 radical (unpaired) electrons. The van der Waals surface area contributed by atoms with E-state index < -0.39 is 16.1 Å². The fraction of sp³-hybridized carbons (Fsp3) is 0.395. The molecule has 3 aromatic carbocycles. The Bertz CT molecular complexity index is 2010. The van der Waals surface area contributed by atoms with E-state index in [0.29, 0.717) is 43.1 Å². The van der Waals surface area contributed by atoms with Gasteiger partial charge in [0.15, 0.2) is 0 Å². The Morgan fingerprint density at radius 3 is 2.45 bits per heavy atom. The van der Waals surface area contributed by atoms with Crippen LogP contribution in [0.25, 0.3) is 10.9 Å². The summed E-state index contributed by atoms with van der Waals surface area (Å²) in [6.07, 6.45) is 5.46. The van der Waals surface area contributed by atoms with Crippen LogP contribution in [0.3, 0.4) is 0 Å². The van der Waals surface area contributed by atoms with Gasteiger partial charge in [-0.25, -0.2) is 13.6 Å². The molecular weight excluding hydrogens is 688 g/mol. The van der Waals surface area contributed by atoms with Gasteiger partial charge in [-0.1, -0.05) is 29.8 Å². The van der Waals surface area contributed by atoms with E-state index >= 15 is 0 Å². The lowest BCUT2D eigenvalue weighted by Gasteiger charge is -2.37. The number of hydrogen-bond acceptors (Lipinski definition) is 6. The van der Waals surface area contributed by atoms with E-state index in [4.69, 9.17) is 16.7 Å². The van der Waals surface area contributed by atoms with Gasteiger partial charge >= 0.3 is 0 Å². The van der Waals surface area contributed by atoms with Gasteiger partial charge < -0.3 is 25.0 Å². The molecule has 2 atom stereocenters. The zero-order chi connectivity index (χ0) is 36.3. The first-order valence-corrected chi connectivity index (χ1v) is 19.3. The largest absolute Gasteiger partial charge is 0.361 e. The van der Waals surface area contributed by atoms with Gasteiger partial charge in [0.05, 0.1) is 4.90 Å². The van der Waals surface area contributed by atoms with Gasteiger partial charge in [0.2, 0.25) is 21.8 Å². The second-order valence-electron chi connectivity index (χ2n) is 14.1. The maximum Gasteiger partial charge on any atom is 0.253 e. The number of hydrogen-bond donors (Lipinski definition) is 3. The van der Waals surface area contributed by atoms with E-state index in [1.807, 2.05) is 67.7 Å². The molecule has 2 aliphatic heterocycles. The number of likely N-dealkylation sites (tertiary alicyclic amines) is 1. The second kappa shape index (κ2) is 15.6. The molecule has 2 aliphatic rings. The van der Waals surface area contributed by atoms with Crippen LogP contribution in [-0.2, 0) is 32.5 Å². The minimum absolute atomic E-state index is 0.0411. The normalized spacial score (nSPS) is 17.4. The number of amides is 3. The van der Waals surface area contributed by atoms with Crippen LogP contribution in [0.4, 0.5) is 5.69 Å². The second-order valence-corrected chi connectivity index (χ2v) is 16.1. The van der Waals surface area contributed by atoms with Crippen molar-refractivity contribution in [2.24, 2.45) is 17.0 Å². The van der Waals surface area contributed by atoms with E-state index in [1.165, 1.54) is 24.3 Å². The number of aromatic amines is 1. The summed E-state index contributed by atoms with van der Waals surface area (Å²) in [5.74, 6) is -0.0408. The summed E-state index contributed by atoms with van der Waals surface area (Å²) in [6.45, 7) is 2.43. The zero-order valence-corrected chi connectivity index (χ0v) is 30.6. The number of piperidine rings is 1. The number of carbonyl (C=O) groups is 3. The average molecular weight is 733 g/mol. The number of primary sulfonamides is 1. The molecule has 51 heavy (non-hydrogen) atoms. The summed E-state index contributed by atoms with van der Waals surface area (Å²) in [6, 6.07) is 18.5. The number of H-pyrrole nitrogens is 1. The van der Waals surface area contributed by atoms with Crippen molar-refractivity contribution in [2.45, 2.75) is 49.5 Å². The first-order valence-electron chi connectivity index (χ1n) is 17.4. The van der Waals surface area contributed by atoms with Gasteiger partial charge in [-0.05, 0) is 111 Å². The van der Waals surface area contributed by atoms with Crippen LogP contribution in [0.1, 0.15) is 47.2 Å². The van der Waals surface area contributed by atoms with Crippen molar-refractivity contribution in [3.05, 3.63) is 94.6 Å². The summed E-state index contributed by atoms with van der Waals surface area (Å²) in [4.78, 5) is 50.2. The first kappa shape index (κ1) is 36.6. The van der Waals surface area contributed by atoms with Crippen LogP contribution in [0, 0.1) is 11.8 Å². The van der Waals surface area contributed by atoms with Crippen LogP contribution in [0.15, 0.2) is 77.8 Å². The molecule has 3 heterocycles. The topological polar surface area (TPSA) is 149 Å². The van der Waals surface area contributed by atoms with Crippen molar-refractivity contribution in [2.75, 3.05) is 45.2 Å². The molecule has 1 fully saturated rings.